The number of aromatic nitrogens is 3. The van der Waals surface area contributed by atoms with E-state index < -0.39 is 0 Å². The molecule has 7 nitrogen and oxygen atoms in total. The van der Waals surface area contributed by atoms with Gasteiger partial charge in [-0.25, -0.2) is 0 Å². The smallest absolute Gasteiger partial charge is 0.231 e. The van der Waals surface area contributed by atoms with Gasteiger partial charge < -0.3 is 20.3 Å². The zero-order valence-corrected chi connectivity index (χ0v) is 12.9. The van der Waals surface area contributed by atoms with Crippen molar-refractivity contribution in [2.75, 3.05) is 48.9 Å². The van der Waals surface area contributed by atoms with E-state index in [4.69, 9.17) is 4.74 Å². The van der Waals surface area contributed by atoms with E-state index in [9.17, 15) is 0 Å². The van der Waals surface area contributed by atoms with E-state index in [1.54, 1.807) is 0 Å². The van der Waals surface area contributed by atoms with Crippen molar-refractivity contribution >= 4 is 17.8 Å². The van der Waals surface area contributed by atoms with Gasteiger partial charge in [-0.3, -0.25) is 0 Å². The summed E-state index contributed by atoms with van der Waals surface area (Å²) >= 11 is 0. The number of rotatable bonds is 4. The second-order valence-electron chi connectivity index (χ2n) is 6.07. The van der Waals surface area contributed by atoms with Crippen molar-refractivity contribution in [2.24, 2.45) is 0 Å². The molecule has 2 saturated heterocycles. The number of hydrogen-bond donors (Lipinski definition) is 2. The molecule has 0 aliphatic carbocycles. The monoisotopic (exact) mass is 292 g/mol. The predicted molar refractivity (Wildman–Crippen MR) is 82.9 cm³/mol. The van der Waals surface area contributed by atoms with Gasteiger partial charge in [0.15, 0.2) is 0 Å². The molecule has 0 radical (unpaired) electrons. The van der Waals surface area contributed by atoms with Crippen LogP contribution in [0.25, 0.3) is 0 Å². The molecule has 0 spiro atoms. The Balaban J connectivity index is 1.82. The van der Waals surface area contributed by atoms with Crippen LogP contribution in [-0.2, 0) is 4.74 Å². The normalized spacial score (nSPS) is 25.9. The summed E-state index contributed by atoms with van der Waals surface area (Å²) in [6, 6.07) is 0. The molecule has 2 N–H and O–H groups in total. The number of nitrogens with zero attached hydrogens (tertiary/aromatic N) is 4. The first kappa shape index (κ1) is 14.3. The summed E-state index contributed by atoms with van der Waals surface area (Å²) in [4.78, 5) is 15.8. The standard InChI is InChI=1S/C14H24N6O/c1-14(6-9-21-10-14)19-12-16-11(15-2)17-13(18-12)20-7-4-3-5-8-20/h3-10H2,1-2H3,(H2,15,16,17,18,19). The molecule has 1 aromatic heterocycles. The number of ether oxygens (including phenoxy) is 1. The van der Waals surface area contributed by atoms with Gasteiger partial charge in [-0.2, -0.15) is 15.0 Å². The minimum Gasteiger partial charge on any atom is -0.379 e. The minimum absolute atomic E-state index is 0.0917. The molecule has 7 heteroatoms. The van der Waals surface area contributed by atoms with E-state index in [0.717, 1.165) is 32.1 Å². The van der Waals surface area contributed by atoms with Crippen LogP contribution < -0.4 is 15.5 Å². The van der Waals surface area contributed by atoms with Gasteiger partial charge in [0, 0.05) is 26.7 Å². The van der Waals surface area contributed by atoms with E-state index >= 15 is 0 Å². The number of nitrogens with one attached hydrogen (secondary N) is 2. The lowest BCUT2D eigenvalue weighted by atomic mass is 10.0. The molecule has 0 aromatic carbocycles. The number of hydrogen-bond acceptors (Lipinski definition) is 7. The van der Waals surface area contributed by atoms with Crippen LogP contribution in [0.5, 0.6) is 0 Å². The average Bonchev–Trinajstić information content (AvgIpc) is 2.94. The lowest BCUT2D eigenvalue weighted by Crippen LogP contribution is -2.37. The summed E-state index contributed by atoms with van der Waals surface area (Å²) in [5, 5.41) is 6.44. The maximum absolute atomic E-state index is 5.48. The fraction of sp³-hybridized carbons (Fsp3) is 0.786. The Morgan fingerprint density at radius 1 is 1.10 bits per heavy atom. The lowest BCUT2D eigenvalue weighted by molar-refractivity contribution is 0.185. The molecular weight excluding hydrogens is 268 g/mol. The topological polar surface area (TPSA) is 75.2 Å². The van der Waals surface area contributed by atoms with Gasteiger partial charge in [0.2, 0.25) is 17.8 Å². The van der Waals surface area contributed by atoms with E-state index in [2.05, 4.69) is 37.4 Å². The van der Waals surface area contributed by atoms with Crippen molar-refractivity contribution in [1.82, 2.24) is 15.0 Å². The Labute approximate surface area is 125 Å². The Kier molecular flexibility index (Phi) is 4.10. The number of piperidine rings is 1. The second-order valence-corrected chi connectivity index (χ2v) is 6.07. The van der Waals surface area contributed by atoms with Gasteiger partial charge in [-0.1, -0.05) is 0 Å². The van der Waals surface area contributed by atoms with Crippen LogP contribution in [0, 0.1) is 0 Å². The molecule has 3 rings (SSSR count). The van der Waals surface area contributed by atoms with Crippen molar-refractivity contribution in [2.45, 2.75) is 38.1 Å². The van der Waals surface area contributed by atoms with E-state index in [0.29, 0.717) is 18.5 Å². The van der Waals surface area contributed by atoms with Crippen molar-refractivity contribution in [3.8, 4) is 0 Å². The van der Waals surface area contributed by atoms with Gasteiger partial charge >= 0.3 is 0 Å². The molecule has 1 atom stereocenters. The van der Waals surface area contributed by atoms with Gasteiger partial charge in [-0.15, -0.1) is 0 Å². The Bertz CT molecular complexity index is 482. The van der Waals surface area contributed by atoms with Crippen molar-refractivity contribution in [1.29, 1.82) is 0 Å². The SMILES string of the molecule is CNc1nc(NC2(C)CCOC2)nc(N2CCCCC2)n1. The van der Waals surface area contributed by atoms with Crippen LogP contribution in [0.15, 0.2) is 0 Å². The second kappa shape index (κ2) is 6.01. The Morgan fingerprint density at radius 3 is 2.52 bits per heavy atom. The third kappa shape index (κ3) is 3.34. The highest BCUT2D eigenvalue weighted by Crippen LogP contribution is 2.24. The average molecular weight is 292 g/mol. The third-order valence-corrected chi connectivity index (χ3v) is 4.12. The fourth-order valence-corrected chi connectivity index (χ4v) is 2.80. The van der Waals surface area contributed by atoms with E-state index in [1.807, 2.05) is 7.05 Å². The first-order chi connectivity index (χ1) is 10.2. The van der Waals surface area contributed by atoms with Crippen LogP contribution in [-0.4, -0.2) is 53.8 Å². The van der Waals surface area contributed by atoms with Crippen LogP contribution in [0.2, 0.25) is 0 Å². The first-order valence-electron chi connectivity index (χ1n) is 7.73. The van der Waals surface area contributed by atoms with E-state index in [-0.39, 0.29) is 5.54 Å². The summed E-state index contributed by atoms with van der Waals surface area (Å²) < 4.78 is 5.48. The summed E-state index contributed by atoms with van der Waals surface area (Å²) in [7, 11) is 1.83. The maximum Gasteiger partial charge on any atom is 0.231 e. The molecule has 2 fully saturated rings. The van der Waals surface area contributed by atoms with Crippen LogP contribution in [0.1, 0.15) is 32.6 Å². The maximum atomic E-state index is 5.48. The molecule has 2 aliphatic heterocycles. The molecular formula is C14H24N6O. The van der Waals surface area contributed by atoms with Gasteiger partial charge in [-0.05, 0) is 32.6 Å². The summed E-state index contributed by atoms with van der Waals surface area (Å²) in [5.41, 5.74) is -0.0917. The third-order valence-electron chi connectivity index (χ3n) is 4.12. The molecule has 3 heterocycles. The first-order valence-corrected chi connectivity index (χ1v) is 7.73. The van der Waals surface area contributed by atoms with Crippen molar-refractivity contribution in [3.05, 3.63) is 0 Å². The highest BCUT2D eigenvalue weighted by Gasteiger charge is 2.30. The zero-order valence-electron chi connectivity index (χ0n) is 12.9. The molecule has 0 bridgehead atoms. The largest absolute Gasteiger partial charge is 0.379 e. The number of anilines is 3. The van der Waals surface area contributed by atoms with Crippen LogP contribution >= 0.6 is 0 Å². The fourth-order valence-electron chi connectivity index (χ4n) is 2.80. The predicted octanol–water partition coefficient (Wildman–Crippen LogP) is 1.49. The molecule has 1 aromatic rings. The molecule has 1 unspecified atom stereocenters. The van der Waals surface area contributed by atoms with Crippen molar-refractivity contribution < 1.29 is 4.74 Å². The summed E-state index contributed by atoms with van der Waals surface area (Å²) in [5.74, 6) is 2.00. The van der Waals surface area contributed by atoms with Crippen molar-refractivity contribution in [3.63, 3.8) is 0 Å². The quantitative estimate of drug-likeness (QED) is 0.871. The summed E-state index contributed by atoms with van der Waals surface area (Å²) in [6.07, 6.45) is 4.66. The Hall–Kier alpha value is -1.63. The van der Waals surface area contributed by atoms with Crippen LogP contribution in [0.4, 0.5) is 17.8 Å². The van der Waals surface area contributed by atoms with E-state index in [1.165, 1.54) is 19.3 Å². The molecule has 0 amide bonds. The van der Waals surface area contributed by atoms with Gasteiger partial charge in [0.25, 0.3) is 0 Å². The molecule has 2 aliphatic rings. The highest BCUT2D eigenvalue weighted by molar-refractivity contribution is 5.45. The van der Waals surface area contributed by atoms with Crippen LogP contribution in [0.3, 0.4) is 0 Å². The molecule has 0 saturated carbocycles. The zero-order chi connectivity index (χ0) is 14.7. The molecule has 21 heavy (non-hydrogen) atoms. The minimum atomic E-state index is -0.0917. The Morgan fingerprint density at radius 2 is 1.86 bits per heavy atom. The lowest BCUT2D eigenvalue weighted by Gasteiger charge is -2.28. The summed E-state index contributed by atoms with van der Waals surface area (Å²) in [6.45, 7) is 5.66. The highest BCUT2D eigenvalue weighted by atomic mass is 16.5. The van der Waals surface area contributed by atoms with Gasteiger partial charge in [0.05, 0.1) is 12.1 Å². The molecule has 116 valence electrons. The van der Waals surface area contributed by atoms with Gasteiger partial charge in [0.1, 0.15) is 0 Å².